The largest absolute Gasteiger partial charge is 0.365 e. The Kier molecular flexibility index (Phi) is 5.59. The second-order valence-electron chi connectivity index (χ2n) is 6.15. The van der Waals surface area contributed by atoms with Gasteiger partial charge in [0, 0.05) is 12.2 Å². The molecule has 3 rings (SSSR count). The zero-order chi connectivity index (χ0) is 18.4. The predicted molar refractivity (Wildman–Crippen MR) is 104 cm³/mol. The summed E-state index contributed by atoms with van der Waals surface area (Å²) in [5, 5.41) is 14.1. The van der Waals surface area contributed by atoms with Crippen molar-refractivity contribution in [1.29, 1.82) is 0 Å². The summed E-state index contributed by atoms with van der Waals surface area (Å²) in [6, 6.07) is 19.5. The molecular formula is C21H22N4O. The van der Waals surface area contributed by atoms with Crippen LogP contribution < -0.4 is 10.6 Å². The van der Waals surface area contributed by atoms with Crippen molar-refractivity contribution in [3.05, 3.63) is 83.0 Å². The lowest BCUT2D eigenvalue weighted by Gasteiger charge is -2.07. The van der Waals surface area contributed by atoms with E-state index < -0.39 is 0 Å². The summed E-state index contributed by atoms with van der Waals surface area (Å²) >= 11 is 0. The Morgan fingerprint density at radius 1 is 0.885 bits per heavy atom. The van der Waals surface area contributed by atoms with Gasteiger partial charge in [-0.2, -0.15) is 0 Å². The Balaban J connectivity index is 1.57. The highest BCUT2D eigenvalue weighted by molar-refractivity contribution is 6.02. The maximum atomic E-state index is 12.3. The summed E-state index contributed by atoms with van der Waals surface area (Å²) in [5.74, 6) is 0.362. The van der Waals surface area contributed by atoms with E-state index in [0.717, 1.165) is 17.7 Å². The number of rotatable bonds is 6. The van der Waals surface area contributed by atoms with Crippen LogP contribution in [0.15, 0.2) is 60.7 Å². The van der Waals surface area contributed by atoms with E-state index in [-0.39, 0.29) is 11.6 Å². The first kappa shape index (κ1) is 17.6. The van der Waals surface area contributed by atoms with Crippen molar-refractivity contribution in [3.8, 4) is 0 Å². The van der Waals surface area contributed by atoms with Gasteiger partial charge in [0.2, 0.25) is 0 Å². The monoisotopic (exact) mass is 346 g/mol. The van der Waals surface area contributed by atoms with Gasteiger partial charge >= 0.3 is 0 Å². The van der Waals surface area contributed by atoms with Gasteiger partial charge in [-0.3, -0.25) is 4.79 Å². The number of amides is 1. The molecule has 2 aromatic carbocycles. The van der Waals surface area contributed by atoms with Gasteiger partial charge < -0.3 is 10.6 Å². The average molecular weight is 346 g/mol. The molecule has 0 bridgehead atoms. The first-order chi connectivity index (χ1) is 12.6. The van der Waals surface area contributed by atoms with Gasteiger partial charge in [0.25, 0.3) is 5.91 Å². The van der Waals surface area contributed by atoms with E-state index in [0.29, 0.717) is 12.4 Å². The zero-order valence-corrected chi connectivity index (χ0v) is 15.0. The Labute approximate surface area is 153 Å². The number of benzene rings is 2. The lowest BCUT2D eigenvalue weighted by Crippen LogP contribution is -2.15. The molecule has 1 aromatic heterocycles. The van der Waals surface area contributed by atoms with E-state index >= 15 is 0 Å². The van der Waals surface area contributed by atoms with Gasteiger partial charge in [0.05, 0.1) is 0 Å². The van der Waals surface area contributed by atoms with Gasteiger partial charge in [-0.15, -0.1) is 10.2 Å². The molecule has 0 aliphatic rings. The molecule has 0 radical (unpaired) electrons. The minimum Gasteiger partial charge on any atom is -0.365 e. The standard InChI is InChI=1S/C21H22N4O/c1-3-16-8-10-18(11-9-16)23-21(26)19-12-13-20(25-24-19)22-14-17-6-4-15(2)5-7-17/h4-13H,3,14H2,1-2H3,(H,22,25)(H,23,26). The summed E-state index contributed by atoms with van der Waals surface area (Å²) in [4.78, 5) is 12.3. The van der Waals surface area contributed by atoms with Crippen molar-refractivity contribution in [3.63, 3.8) is 0 Å². The summed E-state index contributed by atoms with van der Waals surface area (Å²) in [6.45, 7) is 4.81. The molecule has 0 saturated heterocycles. The average Bonchev–Trinajstić information content (AvgIpc) is 2.68. The van der Waals surface area contributed by atoms with Crippen LogP contribution in [0.1, 0.15) is 34.1 Å². The number of anilines is 2. The predicted octanol–water partition coefficient (Wildman–Crippen LogP) is 4.21. The van der Waals surface area contributed by atoms with Crippen molar-refractivity contribution in [2.45, 2.75) is 26.8 Å². The van der Waals surface area contributed by atoms with Gasteiger partial charge in [-0.05, 0) is 48.7 Å². The molecular weight excluding hydrogens is 324 g/mol. The maximum absolute atomic E-state index is 12.3. The van der Waals surface area contributed by atoms with Crippen LogP contribution in [0.2, 0.25) is 0 Å². The molecule has 0 spiro atoms. The van der Waals surface area contributed by atoms with Crippen LogP contribution in [0, 0.1) is 6.92 Å². The quantitative estimate of drug-likeness (QED) is 0.701. The molecule has 2 N–H and O–H groups in total. The van der Waals surface area contributed by atoms with Gasteiger partial charge in [0.15, 0.2) is 5.69 Å². The Morgan fingerprint density at radius 2 is 1.58 bits per heavy atom. The number of nitrogens with zero attached hydrogens (tertiary/aromatic N) is 2. The minimum atomic E-state index is -0.271. The molecule has 0 aliphatic carbocycles. The molecule has 0 saturated carbocycles. The van der Waals surface area contributed by atoms with Crippen LogP contribution in [0.25, 0.3) is 0 Å². The van der Waals surface area contributed by atoms with E-state index in [9.17, 15) is 4.79 Å². The molecule has 5 nitrogen and oxygen atoms in total. The van der Waals surface area contributed by atoms with Crippen molar-refractivity contribution in [2.24, 2.45) is 0 Å². The Hall–Kier alpha value is -3.21. The highest BCUT2D eigenvalue weighted by atomic mass is 16.1. The van der Waals surface area contributed by atoms with E-state index in [1.807, 2.05) is 24.3 Å². The molecule has 5 heteroatoms. The summed E-state index contributed by atoms with van der Waals surface area (Å²) in [7, 11) is 0. The third-order valence-corrected chi connectivity index (χ3v) is 4.11. The fraction of sp³-hybridized carbons (Fsp3) is 0.190. The third-order valence-electron chi connectivity index (χ3n) is 4.11. The Morgan fingerprint density at radius 3 is 2.19 bits per heavy atom. The van der Waals surface area contributed by atoms with E-state index in [1.54, 1.807) is 12.1 Å². The van der Waals surface area contributed by atoms with Crippen LogP contribution in [-0.4, -0.2) is 16.1 Å². The molecule has 0 aliphatic heterocycles. The molecule has 0 atom stereocenters. The van der Waals surface area contributed by atoms with Crippen LogP contribution >= 0.6 is 0 Å². The van der Waals surface area contributed by atoms with Crippen LogP contribution in [-0.2, 0) is 13.0 Å². The summed E-state index contributed by atoms with van der Waals surface area (Å²) in [5.41, 5.74) is 4.65. The van der Waals surface area contributed by atoms with Gasteiger partial charge in [0.1, 0.15) is 5.82 Å². The van der Waals surface area contributed by atoms with Crippen LogP contribution in [0.4, 0.5) is 11.5 Å². The summed E-state index contributed by atoms with van der Waals surface area (Å²) in [6.07, 6.45) is 0.969. The Bertz CT molecular complexity index is 856. The number of aryl methyl sites for hydroxylation is 2. The fourth-order valence-electron chi connectivity index (χ4n) is 2.47. The SMILES string of the molecule is CCc1ccc(NC(=O)c2ccc(NCc3ccc(C)cc3)nn2)cc1. The molecule has 1 heterocycles. The highest BCUT2D eigenvalue weighted by Crippen LogP contribution is 2.12. The molecule has 1 amide bonds. The minimum absolute atomic E-state index is 0.271. The second-order valence-corrected chi connectivity index (χ2v) is 6.15. The van der Waals surface area contributed by atoms with E-state index in [1.165, 1.54) is 11.1 Å². The number of hydrogen-bond acceptors (Lipinski definition) is 4. The number of carbonyl (C=O) groups is 1. The topological polar surface area (TPSA) is 66.9 Å². The lowest BCUT2D eigenvalue weighted by molar-refractivity contribution is 0.102. The molecule has 26 heavy (non-hydrogen) atoms. The van der Waals surface area contributed by atoms with Crippen molar-refractivity contribution < 1.29 is 4.79 Å². The van der Waals surface area contributed by atoms with E-state index in [4.69, 9.17) is 0 Å². The molecule has 132 valence electrons. The number of carbonyl (C=O) groups excluding carboxylic acids is 1. The van der Waals surface area contributed by atoms with E-state index in [2.05, 4.69) is 58.9 Å². The lowest BCUT2D eigenvalue weighted by atomic mass is 10.1. The smallest absolute Gasteiger partial charge is 0.276 e. The first-order valence-corrected chi connectivity index (χ1v) is 8.67. The van der Waals surface area contributed by atoms with Crippen LogP contribution in [0.5, 0.6) is 0 Å². The van der Waals surface area contributed by atoms with Crippen LogP contribution in [0.3, 0.4) is 0 Å². The zero-order valence-electron chi connectivity index (χ0n) is 15.0. The first-order valence-electron chi connectivity index (χ1n) is 8.67. The maximum Gasteiger partial charge on any atom is 0.276 e. The fourth-order valence-corrected chi connectivity index (χ4v) is 2.47. The van der Waals surface area contributed by atoms with Crippen molar-refractivity contribution in [2.75, 3.05) is 10.6 Å². The number of hydrogen-bond donors (Lipinski definition) is 2. The highest BCUT2D eigenvalue weighted by Gasteiger charge is 2.08. The van der Waals surface area contributed by atoms with Gasteiger partial charge in [-0.1, -0.05) is 48.9 Å². The normalized spacial score (nSPS) is 10.4. The third kappa shape index (κ3) is 4.66. The number of nitrogens with one attached hydrogen (secondary N) is 2. The summed E-state index contributed by atoms with van der Waals surface area (Å²) < 4.78 is 0. The molecule has 3 aromatic rings. The van der Waals surface area contributed by atoms with Crippen molar-refractivity contribution >= 4 is 17.4 Å². The molecule has 0 fully saturated rings. The number of aromatic nitrogens is 2. The molecule has 0 unspecified atom stereocenters. The van der Waals surface area contributed by atoms with Crippen molar-refractivity contribution in [1.82, 2.24) is 10.2 Å². The van der Waals surface area contributed by atoms with Gasteiger partial charge in [-0.25, -0.2) is 0 Å². The second kappa shape index (κ2) is 8.25.